The first-order valence-corrected chi connectivity index (χ1v) is 11.5. The maximum Gasteiger partial charge on any atom is 0.406 e. The van der Waals surface area contributed by atoms with Gasteiger partial charge in [-0.1, -0.05) is 6.07 Å². The highest BCUT2D eigenvalue weighted by molar-refractivity contribution is 5.84. The molecule has 1 atom stereocenters. The van der Waals surface area contributed by atoms with Crippen LogP contribution in [0.4, 0.5) is 19.1 Å². The van der Waals surface area contributed by atoms with Gasteiger partial charge in [0.25, 0.3) is 0 Å². The number of nitrogens with zero attached hydrogens (tertiary/aromatic N) is 3. The molecule has 9 nitrogen and oxygen atoms in total. The van der Waals surface area contributed by atoms with Crippen LogP contribution in [0.15, 0.2) is 24.4 Å². The summed E-state index contributed by atoms with van der Waals surface area (Å²) < 4.78 is 52.2. The average molecular weight is 496 g/mol. The Labute approximate surface area is 200 Å². The molecule has 1 amide bonds. The molecule has 0 radical (unpaired) electrons. The summed E-state index contributed by atoms with van der Waals surface area (Å²) in [5.74, 6) is -0.999. The smallest absolute Gasteiger partial charge is 0.406 e. The molecule has 1 aromatic heterocycles. The van der Waals surface area contributed by atoms with E-state index in [2.05, 4.69) is 15.7 Å². The molecule has 2 N–H and O–H groups in total. The molecule has 4 rings (SSSR count). The summed E-state index contributed by atoms with van der Waals surface area (Å²) in [6, 6.07) is 5.14. The van der Waals surface area contributed by atoms with Crippen LogP contribution < -0.4 is 15.5 Å². The third-order valence-corrected chi connectivity index (χ3v) is 5.83. The second kappa shape index (κ2) is 10.4. The highest BCUT2D eigenvalue weighted by atomic mass is 19.4. The standard InChI is InChI=1S/C23H28F3N5O4/c1-2-34-20(32)11-16-9-15-3-4-19(10-17(15)12-30(21(16)33)14-23(24,25)26)35-8-5-18-13-31-22(29-18)27-6-7-28-31/h3-4,10,13,16,28H,2,5-9,11-12,14H2,1H3,(H,27,29)/t16-/m0/s1. The number of anilines is 1. The van der Waals surface area contributed by atoms with Gasteiger partial charge in [0, 0.05) is 26.1 Å². The number of hydrogen-bond acceptors (Lipinski definition) is 7. The molecule has 0 spiro atoms. The summed E-state index contributed by atoms with van der Waals surface area (Å²) in [5, 5.41) is 3.18. The molecular formula is C23H28F3N5O4. The SMILES string of the molecule is CCOC(=O)C[C@@H]1Cc2ccc(OCCc3cn4c(n3)NCCN4)cc2CN(CC(F)(F)F)C1=O. The van der Waals surface area contributed by atoms with Gasteiger partial charge in [-0.15, -0.1) is 0 Å². The fraction of sp³-hybridized carbons (Fsp3) is 0.522. The van der Waals surface area contributed by atoms with E-state index in [1.54, 1.807) is 25.1 Å². The quantitative estimate of drug-likeness (QED) is 0.543. The zero-order valence-corrected chi connectivity index (χ0v) is 19.4. The second-order valence-corrected chi connectivity index (χ2v) is 8.51. The Balaban J connectivity index is 1.46. The summed E-state index contributed by atoms with van der Waals surface area (Å²) >= 11 is 0. The Morgan fingerprint density at radius 1 is 1.26 bits per heavy atom. The summed E-state index contributed by atoms with van der Waals surface area (Å²) in [6.45, 7) is 2.08. The van der Waals surface area contributed by atoms with Gasteiger partial charge < -0.3 is 25.1 Å². The van der Waals surface area contributed by atoms with Crippen LogP contribution in [0.2, 0.25) is 0 Å². The molecule has 2 aliphatic heterocycles. The van der Waals surface area contributed by atoms with Crippen LogP contribution in [-0.4, -0.2) is 65.5 Å². The summed E-state index contributed by atoms with van der Waals surface area (Å²) in [5.41, 5.74) is 5.30. The lowest BCUT2D eigenvalue weighted by Crippen LogP contribution is -2.41. The Morgan fingerprint density at radius 3 is 2.83 bits per heavy atom. The number of ether oxygens (including phenoxy) is 2. The summed E-state index contributed by atoms with van der Waals surface area (Å²) in [6.07, 6.45) is -2.25. The number of carbonyl (C=O) groups excluding carboxylic acids is 2. The minimum absolute atomic E-state index is 0.137. The molecule has 12 heteroatoms. The Kier molecular flexibility index (Phi) is 7.37. The van der Waals surface area contributed by atoms with Crippen molar-refractivity contribution in [2.45, 2.75) is 38.9 Å². The van der Waals surface area contributed by atoms with E-state index in [9.17, 15) is 22.8 Å². The molecule has 0 fully saturated rings. The van der Waals surface area contributed by atoms with Crippen LogP contribution in [-0.2, 0) is 33.7 Å². The Bertz CT molecular complexity index is 1050. The molecule has 0 unspecified atom stereocenters. The zero-order chi connectivity index (χ0) is 25.0. The fourth-order valence-corrected chi connectivity index (χ4v) is 4.28. The summed E-state index contributed by atoms with van der Waals surface area (Å²) in [7, 11) is 0. The van der Waals surface area contributed by atoms with Crippen molar-refractivity contribution in [3.8, 4) is 5.75 Å². The van der Waals surface area contributed by atoms with Crippen molar-refractivity contribution in [2.75, 3.05) is 43.6 Å². The maximum atomic E-state index is 13.2. The monoisotopic (exact) mass is 495 g/mol. The number of hydrogen-bond donors (Lipinski definition) is 2. The lowest BCUT2D eigenvalue weighted by Gasteiger charge is -2.25. The first-order chi connectivity index (χ1) is 16.7. The van der Waals surface area contributed by atoms with Gasteiger partial charge in [0.05, 0.1) is 37.4 Å². The van der Waals surface area contributed by atoms with Gasteiger partial charge in [-0.25, -0.2) is 9.66 Å². The van der Waals surface area contributed by atoms with Gasteiger partial charge in [0.1, 0.15) is 12.3 Å². The zero-order valence-electron chi connectivity index (χ0n) is 19.4. The van der Waals surface area contributed by atoms with Gasteiger partial charge in [-0.2, -0.15) is 13.2 Å². The molecule has 2 aromatic rings. The van der Waals surface area contributed by atoms with Crippen LogP contribution in [0, 0.1) is 5.92 Å². The van der Waals surface area contributed by atoms with Crippen LogP contribution >= 0.6 is 0 Å². The van der Waals surface area contributed by atoms with Crippen LogP contribution in [0.5, 0.6) is 5.75 Å². The highest BCUT2D eigenvalue weighted by Gasteiger charge is 2.38. The van der Waals surface area contributed by atoms with E-state index in [1.807, 2.05) is 10.9 Å². The first-order valence-electron chi connectivity index (χ1n) is 11.5. The lowest BCUT2D eigenvalue weighted by atomic mass is 9.94. The third-order valence-electron chi connectivity index (χ3n) is 5.83. The van der Waals surface area contributed by atoms with E-state index >= 15 is 0 Å². The second-order valence-electron chi connectivity index (χ2n) is 8.51. The molecule has 1 aromatic carbocycles. The number of amides is 1. The summed E-state index contributed by atoms with van der Waals surface area (Å²) in [4.78, 5) is 30.1. The number of benzene rings is 1. The van der Waals surface area contributed by atoms with Crippen LogP contribution in [0.1, 0.15) is 30.2 Å². The number of imidazole rings is 1. The number of aromatic nitrogens is 2. The van der Waals surface area contributed by atoms with Crippen molar-refractivity contribution in [1.29, 1.82) is 0 Å². The minimum atomic E-state index is -4.56. The predicted molar refractivity (Wildman–Crippen MR) is 121 cm³/mol. The van der Waals surface area contributed by atoms with E-state index < -0.39 is 30.5 Å². The fourth-order valence-electron chi connectivity index (χ4n) is 4.28. The molecule has 2 aliphatic rings. The van der Waals surface area contributed by atoms with Crippen LogP contribution in [0.25, 0.3) is 0 Å². The van der Waals surface area contributed by atoms with Crippen molar-refractivity contribution >= 4 is 17.8 Å². The minimum Gasteiger partial charge on any atom is -0.493 e. The number of halogens is 3. The maximum absolute atomic E-state index is 13.2. The van der Waals surface area contributed by atoms with Gasteiger partial charge in [0.15, 0.2) is 0 Å². The highest BCUT2D eigenvalue weighted by Crippen LogP contribution is 2.30. The van der Waals surface area contributed by atoms with Gasteiger partial charge in [-0.3, -0.25) is 9.59 Å². The molecule has 3 heterocycles. The number of rotatable bonds is 8. The average Bonchev–Trinajstić information content (AvgIpc) is 3.16. The molecular weight excluding hydrogens is 467 g/mol. The first kappa shape index (κ1) is 24.7. The van der Waals surface area contributed by atoms with Gasteiger partial charge >= 0.3 is 12.1 Å². The predicted octanol–water partition coefficient (Wildman–Crippen LogP) is 2.49. The van der Waals surface area contributed by atoms with E-state index in [0.29, 0.717) is 29.9 Å². The van der Waals surface area contributed by atoms with E-state index in [1.165, 1.54) is 0 Å². The lowest BCUT2D eigenvalue weighted by molar-refractivity contribution is -0.165. The molecule has 35 heavy (non-hydrogen) atoms. The number of alkyl halides is 3. The largest absolute Gasteiger partial charge is 0.493 e. The molecule has 0 saturated heterocycles. The normalized spacial score (nSPS) is 17.5. The number of nitrogens with one attached hydrogen (secondary N) is 2. The molecule has 0 aliphatic carbocycles. The van der Waals surface area contributed by atoms with Crippen molar-refractivity contribution in [1.82, 2.24) is 14.6 Å². The molecule has 0 bridgehead atoms. The van der Waals surface area contributed by atoms with Crippen LogP contribution in [0.3, 0.4) is 0 Å². The van der Waals surface area contributed by atoms with E-state index in [-0.39, 0.29) is 26.0 Å². The third kappa shape index (κ3) is 6.37. The number of fused-ring (bicyclic) bond motifs is 2. The Hall–Kier alpha value is -3.44. The van der Waals surface area contributed by atoms with Crippen molar-refractivity contribution < 1.29 is 32.2 Å². The van der Waals surface area contributed by atoms with E-state index in [0.717, 1.165) is 29.6 Å². The Morgan fingerprint density at radius 2 is 2.09 bits per heavy atom. The van der Waals surface area contributed by atoms with Crippen molar-refractivity contribution in [3.63, 3.8) is 0 Å². The van der Waals surface area contributed by atoms with Gasteiger partial charge in [-0.05, 0) is 36.6 Å². The molecule has 0 saturated carbocycles. The van der Waals surface area contributed by atoms with E-state index in [4.69, 9.17) is 9.47 Å². The number of carbonyl (C=O) groups is 2. The van der Waals surface area contributed by atoms with Crippen molar-refractivity contribution in [3.05, 3.63) is 41.2 Å². The number of esters is 1. The molecule has 190 valence electrons. The topological polar surface area (TPSA) is 97.7 Å². The van der Waals surface area contributed by atoms with Crippen molar-refractivity contribution in [2.24, 2.45) is 5.92 Å². The van der Waals surface area contributed by atoms with Gasteiger partial charge in [0.2, 0.25) is 11.9 Å².